The number of nitrogens with one attached hydrogen (secondary N) is 1. The third-order valence-electron chi connectivity index (χ3n) is 3.28. The number of aromatic nitrogens is 2. The number of hydrogen-bond donors (Lipinski definition) is 1. The molecule has 5 nitrogen and oxygen atoms in total. The van der Waals surface area contributed by atoms with Crippen LogP contribution in [0.2, 0.25) is 0 Å². The summed E-state index contributed by atoms with van der Waals surface area (Å²) in [6.45, 7) is 0.359. The molecule has 0 saturated heterocycles. The Hall–Kier alpha value is -2.17. The summed E-state index contributed by atoms with van der Waals surface area (Å²) < 4.78 is 5.61. The molecule has 0 radical (unpaired) electrons. The van der Waals surface area contributed by atoms with E-state index in [1.54, 1.807) is 12.3 Å². The summed E-state index contributed by atoms with van der Waals surface area (Å²) in [5.74, 6) is 1.17. The number of amides is 1. The SMILES string of the molecule is O=C(NCc1cccnn1)c1cc2c(o1)CCCC2. The fourth-order valence-corrected chi connectivity index (χ4v) is 2.29. The summed E-state index contributed by atoms with van der Waals surface area (Å²) >= 11 is 0. The largest absolute Gasteiger partial charge is 0.456 e. The van der Waals surface area contributed by atoms with E-state index in [1.807, 2.05) is 12.1 Å². The van der Waals surface area contributed by atoms with Crippen molar-refractivity contribution < 1.29 is 9.21 Å². The standard InChI is InChI=1S/C14H15N3O2/c18-14(15-9-11-5-3-7-16-17-11)13-8-10-4-1-2-6-12(10)19-13/h3,5,7-8H,1-2,4,6,9H2,(H,15,18). The lowest BCUT2D eigenvalue weighted by Crippen LogP contribution is -2.22. The van der Waals surface area contributed by atoms with Crippen LogP contribution in [0.25, 0.3) is 0 Å². The van der Waals surface area contributed by atoms with Gasteiger partial charge in [0.15, 0.2) is 5.76 Å². The highest BCUT2D eigenvalue weighted by Gasteiger charge is 2.18. The zero-order valence-electron chi connectivity index (χ0n) is 10.6. The topological polar surface area (TPSA) is 68.0 Å². The van der Waals surface area contributed by atoms with Crippen molar-refractivity contribution in [3.05, 3.63) is 47.2 Å². The molecule has 98 valence electrons. The van der Waals surface area contributed by atoms with Gasteiger partial charge in [0.2, 0.25) is 0 Å². The summed E-state index contributed by atoms with van der Waals surface area (Å²) in [6, 6.07) is 5.47. The normalized spacial score (nSPS) is 13.9. The first-order valence-electron chi connectivity index (χ1n) is 6.49. The Morgan fingerprint density at radius 3 is 3.05 bits per heavy atom. The minimum atomic E-state index is -0.194. The Morgan fingerprint density at radius 2 is 2.26 bits per heavy atom. The number of aryl methyl sites for hydroxylation is 2. The van der Waals surface area contributed by atoms with Crippen molar-refractivity contribution in [2.45, 2.75) is 32.2 Å². The van der Waals surface area contributed by atoms with Crippen LogP contribution in [0.4, 0.5) is 0 Å². The average Bonchev–Trinajstić information content (AvgIpc) is 2.90. The lowest BCUT2D eigenvalue weighted by atomic mass is 9.99. The quantitative estimate of drug-likeness (QED) is 0.911. The average molecular weight is 257 g/mol. The lowest BCUT2D eigenvalue weighted by Gasteiger charge is -2.07. The Morgan fingerprint density at radius 1 is 1.37 bits per heavy atom. The van der Waals surface area contributed by atoms with E-state index in [9.17, 15) is 4.79 Å². The van der Waals surface area contributed by atoms with Crippen molar-refractivity contribution in [3.8, 4) is 0 Å². The molecule has 5 heteroatoms. The van der Waals surface area contributed by atoms with Crippen LogP contribution in [-0.4, -0.2) is 16.1 Å². The summed E-state index contributed by atoms with van der Waals surface area (Å²) in [7, 11) is 0. The molecule has 0 unspecified atom stereocenters. The van der Waals surface area contributed by atoms with Gasteiger partial charge in [-0.3, -0.25) is 4.79 Å². The van der Waals surface area contributed by atoms with Gasteiger partial charge in [-0.25, -0.2) is 0 Å². The smallest absolute Gasteiger partial charge is 0.287 e. The fraction of sp³-hybridized carbons (Fsp3) is 0.357. The zero-order chi connectivity index (χ0) is 13.1. The minimum Gasteiger partial charge on any atom is -0.456 e. The van der Waals surface area contributed by atoms with E-state index >= 15 is 0 Å². The van der Waals surface area contributed by atoms with Gasteiger partial charge in [0, 0.05) is 12.6 Å². The molecule has 19 heavy (non-hydrogen) atoms. The maximum absolute atomic E-state index is 12.0. The Labute approximate surface area is 111 Å². The molecule has 0 aliphatic heterocycles. The molecular weight excluding hydrogens is 242 g/mol. The van der Waals surface area contributed by atoms with Gasteiger partial charge in [0.1, 0.15) is 5.76 Å². The summed E-state index contributed by atoms with van der Waals surface area (Å²) in [5.41, 5.74) is 1.91. The molecule has 2 heterocycles. The second-order valence-electron chi connectivity index (χ2n) is 4.66. The zero-order valence-corrected chi connectivity index (χ0v) is 10.6. The third-order valence-corrected chi connectivity index (χ3v) is 3.28. The monoisotopic (exact) mass is 257 g/mol. The molecule has 1 aliphatic carbocycles. The summed E-state index contributed by atoms with van der Waals surface area (Å²) in [4.78, 5) is 12.0. The van der Waals surface area contributed by atoms with Crippen molar-refractivity contribution in [3.63, 3.8) is 0 Å². The van der Waals surface area contributed by atoms with Gasteiger partial charge in [-0.1, -0.05) is 0 Å². The summed E-state index contributed by atoms with van der Waals surface area (Å²) in [5, 5.41) is 10.5. The van der Waals surface area contributed by atoms with Crippen LogP contribution in [0.3, 0.4) is 0 Å². The molecular formula is C14H15N3O2. The molecule has 3 rings (SSSR count). The molecule has 0 aromatic carbocycles. The molecule has 0 bridgehead atoms. The van der Waals surface area contributed by atoms with Crippen LogP contribution in [0.5, 0.6) is 0 Å². The van der Waals surface area contributed by atoms with E-state index in [2.05, 4.69) is 15.5 Å². The van der Waals surface area contributed by atoms with Crippen molar-refractivity contribution >= 4 is 5.91 Å². The number of furan rings is 1. The maximum Gasteiger partial charge on any atom is 0.287 e. The Bertz CT molecular complexity index is 554. The Kier molecular flexibility index (Phi) is 3.27. The molecule has 0 fully saturated rings. The number of carbonyl (C=O) groups is 1. The highest BCUT2D eigenvalue weighted by molar-refractivity contribution is 5.91. The highest BCUT2D eigenvalue weighted by atomic mass is 16.4. The van der Waals surface area contributed by atoms with Crippen molar-refractivity contribution in [2.75, 3.05) is 0 Å². The predicted molar refractivity (Wildman–Crippen MR) is 68.6 cm³/mol. The number of nitrogens with zero attached hydrogens (tertiary/aromatic N) is 2. The van der Waals surface area contributed by atoms with Gasteiger partial charge in [0.25, 0.3) is 5.91 Å². The van der Waals surface area contributed by atoms with E-state index in [0.29, 0.717) is 12.3 Å². The van der Waals surface area contributed by atoms with E-state index in [1.165, 1.54) is 12.0 Å². The van der Waals surface area contributed by atoms with Crippen LogP contribution >= 0.6 is 0 Å². The van der Waals surface area contributed by atoms with Gasteiger partial charge in [-0.2, -0.15) is 10.2 Å². The minimum absolute atomic E-state index is 0.194. The van der Waals surface area contributed by atoms with E-state index < -0.39 is 0 Å². The molecule has 1 amide bonds. The van der Waals surface area contributed by atoms with Crippen LogP contribution in [0.1, 0.15) is 40.4 Å². The summed E-state index contributed by atoms with van der Waals surface area (Å²) in [6.07, 6.45) is 5.86. The third kappa shape index (κ3) is 2.65. The first kappa shape index (κ1) is 11.9. The second kappa shape index (κ2) is 5.22. The van der Waals surface area contributed by atoms with Gasteiger partial charge < -0.3 is 9.73 Å². The number of carbonyl (C=O) groups excluding carboxylic acids is 1. The van der Waals surface area contributed by atoms with Crippen molar-refractivity contribution in [1.29, 1.82) is 0 Å². The first-order valence-corrected chi connectivity index (χ1v) is 6.49. The maximum atomic E-state index is 12.0. The van der Waals surface area contributed by atoms with Crippen LogP contribution in [0.15, 0.2) is 28.8 Å². The van der Waals surface area contributed by atoms with E-state index in [0.717, 1.165) is 30.7 Å². The second-order valence-corrected chi connectivity index (χ2v) is 4.66. The van der Waals surface area contributed by atoms with Gasteiger partial charge in [-0.05, 0) is 43.0 Å². The molecule has 2 aromatic heterocycles. The van der Waals surface area contributed by atoms with E-state index in [4.69, 9.17) is 4.42 Å². The highest BCUT2D eigenvalue weighted by Crippen LogP contribution is 2.24. The van der Waals surface area contributed by atoms with Crippen molar-refractivity contribution in [1.82, 2.24) is 15.5 Å². The van der Waals surface area contributed by atoms with Crippen LogP contribution < -0.4 is 5.32 Å². The van der Waals surface area contributed by atoms with Crippen LogP contribution in [0, 0.1) is 0 Å². The predicted octanol–water partition coefficient (Wildman–Crippen LogP) is 1.88. The lowest BCUT2D eigenvalue weighted by molar-refractivity contribution is 0.0920. The number of fused-ring (bicyclic) bond motifs is 1. The fourth-order valence-electron chi connectivity index (χ4n) is 2.29. The molecule has 1 aliphatic rings. The molecule has 0 spiro atoms. The van der Waals surface area contributed by atoms with E-state index in [-0.39, 0.29) is 5.91 Å². The molecule has 1 N–H and O–H groups in total. The number of rotatable bonds is 3. The van der Waals surface area contributed by atoms with Gasteiger partial charge >= 0.3 is 0 Å². The van der Waals surface area contributed by atoms with Crippen LogP contribution in [-0.2, 0) is 19.4 Å². The van der Waals surface area contributed by atoms with Gasteiger partial charge in [-0.15, -0.1) is 0 Å². The first-order chi connectivity index (χ1) is 9.33. The van der Waals surface area contributed by atoms with Crippen molar-refractivity contribution in [2.24, 2.45) is 0 Å². The van der Waals surface area contributed by atoms with Gasteiger partial charge in [0.05, 0.1) is 12.2 Å². The molecule has 2 aromatic rings. The molecule has 0 saturated carbocycles. The Balaban J connectivity index is 1.65. The molecule has 0 atom stereocenters. The number of hydrogen-bond acceptors (Lipinski definition) is 4.